The van der Waals surface area contributed by atoms with E-state index in [4.69, 9.17) is 10.2 Å². The van der Waals surface area contributed by atoms with Crippen LogP contribution in [0.1, 0.15) is 30.7 Å². The van der Waals surface area contributed by atoms with Gasteiger partial charge in [0, 0.05) is 6.42 Å². The molecular formula is C14H18N2O. The van der Waals surface area contributed by atoms with Gasteiger partial charge in [-0.25, -0.2) is 4.98 Å². The molecular weight excluding hydrogens is 212 g/mol. The molecule has 1 aliphatic carbocycles. The number of oxazole rings is 1. The molecule has 1 aliphatic rings. The van der Waals surface area contributed by atoms with E-state index in [-0.39, 0.29) is 5.41 Å². The summed E-state index contributed by atoms with van der Waals surface area (Å²) < 4.78 is 5.82. The highest BCUT2D eigenvalue weighted by molar-refractivity contribution is 5.76. The molecule has 0 radical (unpaired) electrons. The van der Waals surface area contributed by atoms with Gasteiger partial charge in [-0.05, 0) is 43.4 Å². The van der Waals surface area contributed by atoms with E-state index in [0.717, 1.165) is 30.0 Å². The van der Waals surface area contributed by atoms with Crippen LogP contribution >= 0.6 is 0 Å². The monoisotopic (exact) mass is 230 g/mol. The molecule has 0 aliphatic heterocycles. The van der Waals surface area contributed by atoms with E-state index in [1.54, 1.807) is 0 Å². The van der Waals surface area contributed by atoms with Crippen LogP contribution in [-0.2, 0) is 6.42 Å². The average Bonchev–Trinajstić information content (AvgIpc) is 2.68. The zero-order chi connectivity index (χ0) is 11.9. The minimum Gasteiger partial charge on any atom is -0.441 e. The SMILES string of the molecule is Cc1cccc2oc(CC3(CN)CCC3)nc12. The highest BCUT2D eigenvalue weighted by Crippen LogP contribution is 2.42. The number of fused-ring (bicyclic) bond motifs is 1. The number of hydrogen-bond acceptors (Lipinski definition) is 3. The maximum absolute atomic E-state index is 5.87. The first-order chi connectivity index (χ1) is 8.22. The van der Waals surface area contributed by atoms with E-state index in [0.29, 0.717) is 0 Å². The Bertz CT molecular complexity index is 535. The number of hydrogen-bond donors (Lipinski definition) is 1. The van der Waals surface area contributed by atoms with Crippen molar-refractivity contribution in [3.05, 3.63) is 29.7 Å². The molecule has 0 atom stereocenters. The second kappa shape index (κ2) is 3.84. The molecule has 1 aromatic carbocycles. The first-order valence-electron chi connectivity index (χ1n) is 6.28. The van der Waals surface area contributed by atoms with Crippen LogP contribution in [0.15, 0.2) is 22.6 Å². The number of nitrogens with two attached hydrogens (primary N) is 1. The first-order valence-corrected chi connectivity index (χ1v) is 6.28. The van der Waals surface area contributed by atoms with Crippen molar-refractivity contribution in [1.82, 2.24) is 4.98 Å². The Labute approximate surface area is 101 Å². The molecule has 3 nitrogen and oxygen atoms in total. The standard InChI is InChI=1S/C14H18N2O/c1-10-4-2-5-11-13(10)16-12(17-11)8-14(9-15)6-3-7-14/h2,4-5H,3,6-9,15H2,1H3. The van der Waals surface area contributed by atoms with Crippen molar-refractivity contribution in [2.45, 2.75) is 32.6 Å². The number of benzene rings is 1. The summed E-state index contributed by atoms with van der Waals surface area (Å²) in [6.45, 7) is 2.81. The minimum atomic E-state index is 0.259. The van der Waals surface area contributed by atoms with Crippen molar-refractivity contribution in [2.24, 2.45) is 11.1 Å². The van der Waals surface area contributed by atoms with Crippen LogP contribution in [0.5, 0.6) is 0 Å². The lowest BCUT2D eigenvalue weighted by Gasteiger charge is -2.39. The fraction of sp³-hybridized carbons (Fsp3) is 0.500. The molecule has 90 valence electrons. The Morgan fingerprint density at radius 2 is 2.24 bits per heavy atom. The molecule has 0 bridgehead atoms. The maximum Gasteiger partial charge on any atom is 0.196 e. The second-order valence-electron chi connectivity index (χ2n) is 5.26. The number of rotatable bonds is 3. The third kappa shape index (κ3) is 1.75. The lowest BCUT2D eigenvalue weighted by atomic mass is 9.67. The van der Waals surface area contributed by atoms with Crippen LogP contribution in [0, 0.1) is 12.3 Å². The lowest BCUT2D eigenvalue weighted by molar-refractivity contribution is 0.134. The first kappa shape index (κ1) is 10.8. The van der Waals surface area contributed by atoms with Crippen LogP contribution in [0.4, 0.5) is 0 Å². The lowest BCUT2D eigenvalue weighted by Crippen LogP contribution is -2.39. The number of para-hydroxylation sites is 1. The molecule has 1 aromatic heterocycles. The minimum absolute atomic E-state index is 0.259. The van der Waals surface area contributed by atoms with Gasteiger partial charge in [-0.2, -0.15) is 0 Å². The molecule has 0 unspecified atom stereocenters. The van der Waals surface area contributed by atoms with Crippen LogP contribution in [-0.4, -0.2) is 11.5 Å². The van der Waals surface area contributed by atoms with Gasteiger partial charge in [-0.15, -0.1) is 0 Å². The Morgan fingerprint density at radius 1 is 1.41 bits per heavy atom. The van der Waals surface area contributed by atoms with E-state index >= 15 is 0 Å². The third-order valence-corrected chi connectivity index (χ3v) is 4.04. The Kier molecular flexibility index (Phi) is 2.44. The smallest absolute Gasteiger partial charge is 0.196 e. The molecule has 3 rings (SSSR count). The average molecular weight is 230 g/mol. The fourth-order valence-electron chi connectivity index (χ4n) is 2.66. The summed E-state index contributed by atoms with van der Waals surface area (Å²) in [5.74, 6) is 0.847. The quantitative estimate of drug-likeness (QED) is 0.882. The molecule has 2 aromatic rings. The highest BCUT2D eigenvalue weighted by atomic mass is 16.3. The van der Waals surface area contributed by atoms with Gasteiger partial charge in [-0.3, -0.25) is 0 Å². The summed E-state index contributed by atoms with van der Waals surface area (Å²) in [6, 6.07) is 6.06. The summed E-state index contributed by atoms with van der Waals surface area (Å²) >= 11 is 0. The predicted molar refractivity (Wildman–Crippen MR) is 67.8 cm³/mol. The van der Waals surface area contributed by atoms with Crippen molar-refractivity contribution in [3.8, 4) is 0 Å². The van der Waals surface area contributed by atoms with Gasteiger partial charge < -0.3 is 10.2 Å². The molecule has 17 heavy (non-hydrogen) atoms. The summed E-state index contributed by atoms with van der Waals surface area (Å²) in [4.78, 5) is 4.60. The van der Waals surface area contributed by atoms with E-state index in [2.05, 4.69) is 18.0 Å². The maximum atomic E-state index is 5.87. The van der Waals surface area contributed by atoms with Crippen LogP contribution < -0.4 is 5.73 Å². The second-order valence-corrected chi connectivity index (χ2v) is 5.26. The van der Waals surface area contributed by atoms with Crippen molar-refractivity contribution in [2.75, 3.05) is 6.54 Å². The summed E-state index contributed by atoms with van der Waals surface area (Å²) in [5.41, 5.74) is 9.19. The molecule has 1 fully saturated rings. The molecule has 1 heterocycles. The Hall–Kier alpha value is -1.35. The van der Waals surface area contributed by atoms with E-state index in [9.17, 15) is 0 Å². The molecule has 3 heteroatoms. The fourth-order valence-corrected chi connectivity index (χ4v) is 2.66. The van der Waals surface area contributed by atoms with Crippen LogP contribution in [0.2, 0.25) is 0 Å². The third-order valence-electron chi connectivity index (χ3n) is 4.04. The number of nitrogens with zero attached hydrogens (tertiary/aromatic N) is 1. The van der Waals surface area contributed by atoms with Crippen molar-refractivity contribution >= 4 is 11.1 Å². The Morgan fingerprint density at radius 3 is 2.82 bits per heavy atom. The van der Waals surface area contributed by atoms with Gasteiger partial charge in [-0.1, -0.05) is 18.6 Å². The molecule has 2 N–H and O–H groups in total. The molecule has 0 amide bonds. The van der Waals surface area contributed by atoms with Crippen molar-refractivity contribution < 1.29 is 4.42 Å². The summed E-state index contributed by atoms with van der Waals surface area (Å²) in [6.07, 6.45) is 4.59. The van der Waals surface area contributed by atoms with Crippen LogP contribution in [0.3, 0.4) is 0 Å². The number of aryl methyl sites for hydroxylation is 1. The van der Waals surface area contributed by atoms with Gasteiger partial charge in [0.25, 0.3) is 0 Å². The van der Waals surface area contributed by atoms with E-state index in [1.165, 1.54) is 24.8 Å². The molecule has 1 saturated carbocycles. The van der Waals surface area contributed by atoms with Crippen LogP contribution in [0.25, 0.3) is 11.1 Å². The van der Waals surface area contributed by atoms with Gasteiger partial charge >= 0.3 is 0 Å². The topological polar surface area (TPSA) is 52.0 Å². The van der Waals surface area contributed by atoms with Crippen molar-refractivity contribution in [1.29, 1.82) is 0 Å². The van der Waals surface area contributed by atoms with Gasteiger partial charge in [0.2, 0.25) is 0 Å². The van der Waals surface area contributed by atoms with E-state index in [1.807, 2.05) is 12.1 Å². The van der Waals surface area contributed by atoms with E-state index < -0.39 is 0 Å². The van der Waals surface area contributed by atoms with Gasteiger partial charge in [0.05, 0.1) is 0 Å². The van der Waals surface area contributed by atoms with Gasteiger partial charge in [0.1, 0.15) is 5.52 Å². The van der Waals surface area contributed by atoms with Crippen molar-refractivity contribution in [3.63, 3.8) is 0 Å². The zero-order valence-electron chi connectivity index (χ0n) is 10.2. The zero-order valence-corrected chi connectivity index (χ0v) is 10.2. The number of aromatic nitrogens is 1. The molecule has 0 spiro atoms. The Balaban J connectivity index is 1.93. The predicted octanol–water partition coefficient (Wildman–Crippen LogP) is 2.81. The largest absolute Gasteiger partial charge is 0.441 e. The summed E-state index contributed by atoms with van der Waals surface area (Å²) in [5, 5.41) is 0. The summed E-state index contributed by atoms with van der Waals surface area (Å²) in [7, 11) is 0. The van der Waals surface area contributed by atoms with Gasteiger partial charge in [0.15, 0.2) is 11.5 Å². The highest BCUT2D eigenvalue weighted by Gasteiger charge is 2.37. The molecule has 0 saturated heterocycles. The normalized spacial score (nSPS) is 18.2.